The third-order valence-electron chi connectivity index (χ3n) is 4.96. The molecule has 1 aliphatic rings. The lowest BCUT2D eigenvalue weighted by atomic mass is 10.1. The summed E-state index contributed by atoms with van der Waals surface area (Å²) >= 11 is 0. The molecule has 154 valence electrons. The lowest BCUT2D eigenvalue weighted by molar-refractivity contribution is -0.129. The number of methoxy groups -OCH3 is 1. The van der Waals surface area contributed by atoms with E-state index in [0.29, 0.717) is 37.7 Å². The Hall–Kier alpha value is -3.02. The third kappa shape index (κ3) is 5.50. The molecule has 1 N–H and O–H groups in total. The molecule has 2 aromatic carbocycles. The maximum atomic E-state index is 12.6. The van der Waals surface area contributed by atoms with Crippen LogP contribution >= 0.6 is 0 Å². The molecule has 29 heavy (non-hydrogen) atoms. The van der Waals surface area contributed by atoms with Crippen molar-refractivity contribution in [2.45, 2.75) is 32.9 Å². The van der Waals surface area contributed by atoms with Crippen LogP contribution in [-0.2, 0) is 22.7 Å². The van der Waals surface area contributed by atoms with Crippen molar-refractivity contribution in [3.8, 4) is 11.5 Å². The van der Waals surface area contributed by atoms with Crippen LogP contribution in [-0.4, -0.2) is 37.0 Å². The molecule has 0 radical (unpaired) electrons. The molecule has 0 aliphatic carbocycles. The van der Waals surface area contributed by atoms with E-state index >= 15 is 0 Å². The molecule has 1 unspecified atom stereocenters. The van der Waals surface area contributed by atoms with Gasteiger partial charge in [0.25, 0.3) is 0 Å². The van der Waals surface area contributed by atoms with Gasteiger partial charge in [0.2, 0.25) is 11.8 Å². The number of hydrogen-bond donors (Lipinski definition) is 1. The van der Waals surface area contributed by atoms with Crippen molar-refractivity contribution >= 4 is 11.8 Å². The highest BCUT2D eigenvalue weighted by Gasteiger charge is 2.34. The lowest BCUT2D eigenvalue weighted by Gasteiger charge is -2.17. The summed E-state index contributed by atoms with van der Waals surface area (Å²) in [4.78, 5) is 26.6. The van der Waals surface area contributed by atoms with Crippen LogP contribution in [0.2, 0.25) is 0 Å². The largest absolute Gasteiger partial charge is 0.493 e. The second-order valence-corrected chi connectivity index (χ2v) is 7.21. The summed E-state index contributed by atoms with van der Waals surface area (Å²) in [6.07, 6.45) is 1.17. The third-order valence-corrected chi connectivity index (χ3v) is 4.96. The molecule has 0 spiro atoms. The van der Waals surface area contributed by atoms with Crippen LogP contribution in [0.1, 0.15) is 30.9 Å². The second-order valence-electron chi connectivity index (χ2n) is 7.21. The number of carbonyl (C=O) groups excluding carboxylic acids is 2. The molecule has 1 atom stereocenters. The highest BCUT2D eigenvalue weighted by molar-refractivity contribution is 5.89. The smallest absolute Gasteiger partial charge is 0.225 e. The van der Waals surface area contributed by atoms with E-state index in [1.54, 1.807) is 12.0 Å². The molecule has 1 heterocycles. The number of amides is 2. The van der Waals surface area contributed by atoms with Crippen LogP contribution < -0.4 is 14.8 Å². The summed E-state index contributed by atoms with van der Waals surface area (Å²) in [6.45, 7) is 4.05. The van der Waals surface area contributed by atoms with Gasteiger partial charge in [-0.15, -0.1) is 0 Å². The molecule has 1 fully saturated rings. The topological polar surface area (TPSA) is 67.9 Å². The average Bonchev–Trinajstić information content (AvgIpc) is 3.11. The second kappa shape index (κ2) is 9.96. The zero-order valence-electron chi connectivity index (χ0n) is 17.0. The van der Waals surface area contributed by atoms with Crippen molar-refractivity contribution in [2.24, 2.45) is 5.92 Å². The zero-order valence-corrected chi connectivity index (χ0v) is 17.0. The van der Waals surface area contributed by atoms with Crippen LogP contribution in [0.3, 0.4) is 0 Å². The summed E-state index contributed by atoms with van der Waals surface area (Å²) in [7, 11) is 1.60. The van der Waals surface area contributed by atoms with Crippen molar-refractivity contribution < 1.29 is 19.1 Å². The predicted molar refractivity (Wildman–Crippen MR) is 111 cm³/mol. The summed E-state index contributed by atoms with van der Waals surface area (Å²) in [5, 5.41) is 2.95. The van der Waals surface area contributed by atoms with Gasteiger partial charge in [-0.3, -0.25) is 9.59 Å². The van der Waals surface area contributed by atoms with Crippen LogP contribution in [0.15, 0.2) is 48.5 Å². The number of nitrogens with one attached hydrogen (secondary N) is 1. The van der Waals surface area contributed by atoms with Gasteiger partial charge in [0.15, 0.2) is 11.5 Å². The minimum Gasteiger partial charge on any atom is -0.493 e. The summed E-state index contributed by atoms with van der Waals surface area (Å²) < 4.78 is 11.0. The number of carbonyl (C=O) groups is 2. The van der Waals surface area contributed by atoms with E-state index in [1.165, 1.54) is 0 Å². The minimum atomic E-state index is -0.319. The van der Waals surface area contributed by atoms with Gasteiger partial charge in [-0.25, -0.2) is 0 Å². The predicted octanol–water partition coefficient (Wildman–Crippen LogP) is 3.15. The number of ether oxygens (including phenoxy) is 2. The van der Waals surface area contributed by atoms with Crippen LogP contribution in [0.4, 0.5) is 0 Å². The summed E-state index contributed by atoms with van der Waals surface area (Å²) in [5.41, 5.74) is 1.99. The molecular weight excluding hydrogens is 368 g/mol. The van der Waals surface area contributed by atoms with Crippen molar-refractivity contribution in [1.29, 1.82) is 0 Å². The number of nitrogens with zero attached hydrogens (tertiary/aromatic N) is 1. The molecular formula is C23H28N2O4. The van der Waals surface area contributed by atoms with E-state index in [2.05, 4.69) is 5.32 Å². The van der Waals surface area contributed by atoms with E-state index in [-0.39, 0.29) is 24.2 Å². The maximum absolute atomic E-state index is 12.6. The zero-order chi connectivity index (χ0) is 20.6. The Bertz CT molecular complexity index is 838. The molecule has 0 saturated carbocycles. The quantitative estimate of drug-likeness (QED) is 0.707. The maximum Gasteiger partial charge on any atom is 0.225 e. The fourth-order valence-electron chi connectivity index (χ4n) is 3.39. The highest BCUT2D eigenvalue weighted by Crippen LogP contribution is 2.28. The number of rotatable bonds is 9. The standard InChI is InChI=1S/C23H28N2O4/c1-3-11-29-20-10-9-18(12-21(20)28-2)14-24-23(27)19-13-22(26)25(16-19)15-17-7-5-4-6-8-17/h4-10,12,19H,3,11,13-16H2,1-2H3,(H,24,27). The van der Waals surface area contributed by atoms with E-state index in [4.69, 9.17) is 9.47 Å². The SMILES string of the molecule is CCCOc1ccc(CNC(=O)C2CC(=O)N(Cc3ccccc3)C2)cc1OC. The van der Waals surface area contributed by atoms with E-state index in [0.717, 1.165) is 17.5 Å². The first-order valence-corrected chi connectivity index (χ1v) is 9.99. The van der Waals surface area contributed by atoms with Gasteiger partial charge < -0.3 is 19.7 Å². The summed E-state index contributed by atoms with van der Waals surface area (Å²) in [5.74, 6) is 0.949. The fourth-order valence-corrected chi connectivity index (χ4v) is 3.39. The van der Waals surface area contributed by atoms with E-state index < -0.39 is 0 Å². The molecule has 0 aromatic heterocycles. The number of likely N-dealkylation sites (tertiary alicyclic amines) is 1. The van der Waals surface area contributed by atoms with Crippen molar-refractivity contribution in [1.82, 2.24) is 10.2 Å². The van der Waals surface area contributed by atoms with Gasteiger partial charge in [-0.05, 0) is 29.7 Å². The lowest BCUT2D eigenvalue weighted by Crippen LogP contribution is -2.32. The Morgan fingerprint density at radius 1 is 1.14 bits per heavy atom. The number of hydrogen-bond acceptors (Lipinski definition) is 4. The summed E-state index contributed by atoms with van der Waals surface area (Å²) in [6, 6.07) is 15.5. The van der Waals surface area contributed by atoms with Crippen LogP contribution in [0.25, 0.3) is 0 Å². The monoisotopic (exact) mass is 396 g/mol. The first-order valence-electron chi connectivity index (χ1n) is 9.99. The van der Waals surface area contributed by atoms with Crippen molar-refractivity contribution in [3.05, 3.63) is 59.7 Å². The Balaban J connectivity index is 1.53. The van der Waals surface area contributed by atoms with Gasteiger partial charge in [-0.2, -0.15) is 0 Å². The number of benzene rings is 2. The van der Waals surface area contributed by atoms with Gasteiger partial charge in [-0.1, -0.05) is 43.3 Å². The Kier molecular flexibility index (Phi) is 7.11. The highest BCUT2D eigenvalue weighted by atomic mass is 16.5. The van der Waals surface area contributed by atoms with Gasteiger partial charge >= 0.3 is 0 Å². The molecule has 1 saturated heterocycles. The van der Waals surface area contributed by atoms with Crippen LogP contribution in [0.5, 0.6) is 11.5 Å². The fraction of sp³-hybridized carbons (Fsp3) is 0.391. The molecule has 2 amide bonds. The van der Waals surface area contributed by atoms with Crippen molar-refractivity contribution in [2.75, 3.05) is 20.3 Å². The van der Waals surface area contributed by atoms with Gasteiger partial charge in [0.1, 0.15) is 0 Å². The first-order chi connectivity index (χ1) is 14.1. The Morgan fingerprint density at radius 2 is 1.93 bits per heavy atom. The minimum absolute atomic E-state index is 0.0214. The van der Waals surface area contributed by atoms with Crippen LogP contribution in [0, 0.1) is 5.92 Å². The Labute approximate surface area is 171 Å². The van der Waals surface area contributed by atoms with E-state index in [1.807, 2.05) is 55.5 Å². The first kappa shape index (κ1) is 20.7. The molecule has 3 rings (SSSR count). The molecule has 2 aromatic rings. The molecule has 1 aliphatic heterocycles. The normalized spacial score (nSPS) is 16.0. The van der Waals surface area contributed by atoms with Gasteiger partial charge in [0, 0.05) is 26.1 Å². The van der Waals surface area contributed by atoms with Crippen molar-refractivity contribution in [3.63, 3.8) is 0 Å². The molecule has 0 bridgehead atoms. The van der Waals surface area contributed by atoms with E-state index in [9.17, 15) is 9.59 Å². The Morgan fingerprint density at radius 3 is 2.66 bits per heavy atom. The average molecular weight is 396 g/mol. The van der Waals surface area contributed by atoms with Gasteiger partial charge in [0.05, 0.1) is 19.6 Å². The molecule has 6 nitrogen and oxygen atoms in total. The molecule has 6 heteroatoms.